The number of halogens is 1. The maximum absolute atomic E-state index is 11.1. The van der Waals surface area contributed by atoms with Crippen LogP contribution in [0.5, 0.6) is 0 Å². The fourth-order valence-corrected chi connectivity index (χ4v) is 1.88. The van der Waals surface area contributed by atoms with Crippen molar-refractivity contribution in [3.63, 3.8) is 0 Å². The van der Waals surface area contributed by atoms with Crippen molar-refractivity contribution in [2.45, 2.75) is 26.1 Å². The Hall–Kier alpha value is -1.46. The average Bonchev–Trinajstić information content (AvgIpc) is 2.48. The van der Waals surface area contributed by atoms with Crippen molar-refractivity contribution in [3.8, 4) is 0 Å². The molecule has 2 rings (SSSR count). The maximum Gasteiger partial charge on any atom is 2.00 e. The molecule has 0 unspecified atom stereocenters. The molecule has 0 aliphatic rings. The third kappa shape index (κ3) is 6.12. The number of carbonyl (C=O) groups is 1. The van der Waals surface area contributed by atoms with E-state index in [4.69, 9.17) is 0 Å². The number of aromatic nitrogens is 2. The molecule has 0 N–H and O–H groups in total. The number of carboxylic acids is 1. The minimum absolute atomic E-state index is 0. The Morgan fingerprint density at radius 1 is 1.09 bits per heavy atom. The van der Waals surface area contributed by atoms with Gasteiger partial charge >= 0.3 is 17.1 Å². The number of hydrogen-bond acceptors (Lipinski definition) is 5. The molecule has 2 heterocycles. The molecule has 0 fully saturated rings. The summed E-state index contributed by atoms with van der Waals surface area (Å²) >= 11 is 0. The Morgan fingerprint density at radius 2 is 1.55 bits per heavy atom. The number of carboxylic acid groups (broad SMARTS) is 1. The van der Waals surface area contributed by atoms with E-state index in [1.807, 2.05) is 36.4 Å². The Morgan fingerprint density at radius 3 is 1.86 bits per heavy atom. The predicted molar refractivity (Wildman–Crippen MR) is 72.2 cm³/mol. The summed E-state index contributed by atoms with van der Waals surface area (Å²) in [7, 11) is 0. The van der Waals surface area contributed by atoms with Crippen LogP contribution in [0.3, 0.4) is 0 Å². The second kappa shape index (κ2) is 10.3. The SMILES string of the molecule is C[C@@H](C(=O)[O-])N(Cc1ccccn1)Cc1ccccn1.[Cl-].[Mn+2]. The van der Waals surface area contributed by atoms with Crippen LogP contribution in [0.15, 0.2) is 48.8 Å². The van der Waals surface area contributed by atoms with Crippen molar-refractivity contribution in [1.82, 2.24) is 14.9 Å². The van der Waals surface area contributed by atoms with E-state index in [1.54, 1.807) is 24.2 Å². The molecule has 1 radical (unpaired) electrons. The van der Waals surface area contributed by atoms with E-state index < -0.39 is 12.0 Å². The maximum atomic E-state index is 11.1. The Bertz CT molecular complexity index is 516. The molecule has 0 aromatic carbocycles. The van der Waals surface area contributed by atoms with Gasteiger partial charge in [0.05, 0.1) is 17.4 Å². The smallest absolute Gasteiger partial charge is 1.00 e. The zero-order valence-electron chi connectivity index (χ0n) is 12.0. The number of aliphatic carboxylic acids is 1. The summed E-state index contributed by atoms with van der Waals surface area (Å²) in [5, 5.41) is 11.1. The number of carbonyl (C=O) groups excluding carboxylic acids is 1. The van der Waals surface area contributed by atoms with E-state index >= 15 is 0 Å². The van der Waals surface area contributed by atoms with Gasteiger partial charge < -0.3 is 22.3 Å². The first-order valence-electron chi connectivity index (χ1n) is 6.41. The number of hydrogen-bond donors (Lipinski definition) is 0. The van der Waals surface area contributed by atoms with Crippen LogP contribution in [0.1, 0.15) is 18.3 Å². The molecule has 5 nitrogen and oxygen atoms in total. The summed E-state index contributed by atoms with van der Waals surface area (Å²) in [6.07, 6.45) is 3.38. The van der Waals surface area contributed by atoms with Crippen molar-refractivity contribution in [2.24, 2.45) is 0 Å². The van der Waals surface area contributed by atoms with Gasteiger partial charge in [0.15, 0.2) is 0 Å². The van der Waals surface area contributed by atoms with Crippen LogP contribution in [0, 0.1) is 0 Å². The van der Waals surface area contributed by atoms with E-state index in [0.717, 1.165) is 11.4 Å². The fourth-order valence-electron chi connectivity index (χ4n) is 1.88. The van der Waals surface area contributed by atoms with Gasteiger partial charge in [-0.25, -0.2) is 0 Å². The van der Waals surface area contributed by atoms with Gasteiger partial charge in [0.2, 0.25) is 0 Å². The van der Waals surface area contributed by atoms with Gasteiger partial charge in [-0.05, 0) is 31.2 Å². The van der Waals surface area contributed by atoms with E-state index in [0.29, 0.717) is 13.1 Å². The van der Waals surface area contributed by atoms with Gasteiger partial charge in [0, 0.05) is 31.5 Å². The number of rotatable bonds is 6. The first-order valence-corrected chi connectivity index (χ1v) is 6.41. The van der Waals surface area contributed by atoms with Crippen molar-refractivity contribution in [1.29, 1.82) is 0 Å². The molecule has 0 bridgehead atoms. The summed E-state index contributed by atoms with van der Waals surface area (Å²) in [5.74, 6) is -1.10. The van der Waals surface area contributed by atoms with Crippen LogP contribution < -0.4 is 17.5 Å². The van der Waals surface area contributed by atoms with Crippen LogP contribution >= 0.6 is 0 Å². The van der Waals surface area contributed by atoms with Crippen molar-refractivity contribution >= 4 is 5.97 Å². The molecular weight excluding hydrogens is 345 g/mol. The molecule has 0 saturated heterocycles. The monoisotopic (exact) mass is 360 g/mol. The molecule has 0 aliphatic carbocycles. The number of nitrogens with zero attached hydrogens (tertiary/aromatic N) is 3. The molecule has 117 valence electrons. The van der Waals surface area contributed by atoms with E-state index in [1.165, 1.54) is 0 Å². The molecule has 22 heavy (non-hydrogen) atoms. The number of pyridine rings is 2. The topological polar surface area (TPSA) is 69.2 Å². The van der Waals surface area contributed by atoms with E-state index in [-0.39, 0.29) is 29.5 Å². The summed E-state index contributed by atoms with van der Waals surface area (Å²) in [4.78, 5) is 21.4. The van der Waals surface area contributed by atoms with Crippen LogP contribution in [-0.4, -0.2) is 26.9 Å². The molecule has 0 spiro atoms. The third-order valence-electron chi connectivity index (χ3n) is 3.07. The van der Waals surface area contributed by atoms with Crippen LogP contribution in [0.2, 0.25) is 0 Å². The van der Waals surface area contributed by atoms with Crippen LogP contribution in [-0.2, 0) is 35.0 Å². The third-order valence-corrected chi connectivity index (χ3v) is 3.07. The molecule has 1 atom stereocenters. The van der Waals surface area contributed by atoms with E-state index in [2.05, 4.69) is 9.97 Å². The van der Waals surface area contributed by atoms with E-state index in [9.17, 15) is 9.90 Å². The molecule has 0 amide bonds. The van der Waals surface area contributed by atoms with Gasteiger partial charge in [-0.2, -0.15) is 0 Å². The average molecular weight is 361 g/mol. The standard InChI is InChI=1S/C15H17N3O2.ClH.Mn/c1-12(15(19)20)18(10-13-6-2-4-8-16-13)11-14-7-3-5-9-17-14;;/h2-9,12H,10-11H2,1H3,(H,19,20);1H;/q;;+2/p-2/t12-;;/m0../s1. The normalized spacial score (nSPS) is 11.2. The largest absolute Gasteiger partial charge is 2.00 e. The summed E-state index contributed by atoms with van der Waals surface area (Å²) in [6, 6.07) is 10.4. The van der Waals surface area contributed by atoms with Crippen molar-refractivity contribution < 1.29 is 39.4 Å². The molecule has 2 aromatic heterocycles. The van der Waals surface area contributed by atoms with Crippen LogP contribution in [0.25, 0.3) is 0 Å². The van der Waals surface area contributed by atoms with Crippen molar-refractivity contribution in [3.05, 3.63) is 60.2 Å². The summed E-state index contributed by atoms with van der Waals surface area (Å²) < 4.78 is 0. The Kier molecular flexibility index (Phi) is 9.61. The van der Waals surface area contributed by atoms with Gasteiger partial charge in [-0.15, -0.1) is 0 Å². The predicted octanol–water partition coefficient (Wildman–Crippen LogP) is -2.38. The minimum atomic E-state index is -1.10. The first-order chi connectivity index (χ1) is 9.66. The van der Waals surface area contributed by atoms with Gasteiger partial charge in [-0.1, -0.05) is 12.1 Å². The zero-order valence-corrected chi connectivity index (χ0v) is 14.0. The van der Waals surface area contributed by atoms with Crippen LogP contribution in [0.4, 0.5) is 0 Å². The Balaban J connectivity index is 0.00000220. The van der Waals surface area contributed by atoms with Gasteiger partial charge in [-0.3, -0.25) is 14.9 Å². The molecule has 2 aromatic rings. The quantitative estimate of drug-likeness (QED) is 0.538. The second-order valence-electron chi connectivity index (χ2n) is 4.54. The minimum Gasteiger partial charge on any atom is -1.00 e. The first kappa shape index (κ1) is 20.5. The molecule has 0 aliphatic heterocycles. The second-order valence-corrected chi connectivity index (χ2v) is 4.54. The summed E-state index contributed by atoms with van der Waals surface area (Å²) in [6.45, 7) is 2.49. The van der Waals surface area contributed by atoms with Crippen molar-refractivity contribution in [2.75, 3.05) is 0 Å². The Labute approximate surface area is 146 Å². The van der Waals surface area contributed by atoms with Gasteiger partial charge in [0.25, 0.3) is 0 Å². The van der Waals surface area contributed by atoms with Gasteiger partial charge in [0.1, 0.15) is 0 Å². The summed E-state index contributed by atoms with van der Waals surface area (Å²) in [5.41, 5.74) is 1.63. The molecule has 0 saturated carbocycles. The zero-order chi connectivity index (χ0) is 14.4. The molecule has 7 heteroatoms. The fraction of sp³-hybridized carbons (Fsp3) is 0.267. The molecular formula is C15H16ClMnN3O2.